The van der Waals surface area contributed by atoms with Gasteiger partial charge in [0.1, 0.15) is 17.6 Å². The molecule has 1 fully saturated rings. The van der Waals surface area contributed by atoms with Crippen LogP contribution in [0.25, 0.3) is 0 Å². The van der Waals surface area contributed by atoms with Crippen molar-refractivity contribution in [1.82, 2.24) is 0 Å². The first-order valence-electron chi connectivity index (χ1n) is 5.92. The molecule has 0 spiro atoms. The fourth-order valence-electron chi connectivity index (χ4n) is 1.78. The summed E-state index contributed by atoms with van der Waals surface area (Å²) in [5, 5.41) is 10.4. The molecule has 3 rings (SSSR count). The largest absolute Gasteiger partial charge is 0.490 e. The summed E-state index contributed by atoms with van der Waals surface area (Å²) in [5.41, 5.74) is 0.735. The van der Waals surface area contributed by atoms with Gasteiger partial charge in [-0.25, -0.2) is 0 Å². The van der Waals surface area contributed by atoms with Gasteiger partial charge in [0.25, 0.3) is 0 Å². The van der Waals surface area contributed by atoms with Gasteiger partial charge in [-0.2, -0.15) is 0 Å². The maximum atomic E-state index is 10.2. The average Bonchev–Trinajstić information content (AvgIpc) is 3.08. The van der Waals surface area contributed by atoms with Gasteiger partial charge in [-0.05, 0) is 54.3 Å². The first-order chi connectivity index (χ1) is 8.72. The molecule has 1 aliphatic carbocycles. The molecule has 1 aliphatic rings. The summed E-state index contributed by atoms with van der Waals surface area (Å²) < 4.78 is 10.9. The molecule has 2 aromatic rings. The second-order valence-corrected chi connectivity index (χ2v) is 4.81. The van der Waals surface area contributed by atoms with E-state index in [9.17, 15) is 5.11 Å². The number of ether oxygens (including phenoxy) is 1. The van der Waals surface area contributed by atoms with Crippen LogP contribution in [0.1, 0.15) is 30.3 Å². The molecule has 0 aliphatic heterocycles. The topological polar surface area (TPSA) is 42.6 Å². The molecule has 1 aromatic carbocycles. The number of halogens is 1. The number of furan rings is 1. The van der Waals surface area contributed by atoms with Gasteiger partial charge in [-0.15, -0.1) is 0 Å². The summed E-state index contributed by atoms with van der Waals surface area (Å²) in [6, 6.07) is 10.7. The Morgan fingerprint density at radius 2 is 2.11 bits per heavy atom. The highest BCUT2D eigenvalue weighted by molar-refractivity contribution is 6.28. The van der Waals surface area contributed by atoms with E-state index < -0.39 is 6.10 Å². The van der Waals surface area contributed by atoms with Gasteiger partial charge < -0.3 is 14.3 Å². The van der Waals surface area contributed by atoms with Crippen LogP contribution in [0.15, 0.2) is 40.8 Å². The minimum Gasteiger partial charge on any atom is -0.490 e. The van der Waals surface area contributed by atoms with E-state index in [0.29, 0.717) is 11.9 Å². The molecule has 1 aromatic heterocycles. The molecule has 1 saturated carbocycles. The highest BCUT2D eigenvalue weighted by Crippen LogP contribution is 2.30. The predicted molar refractivity (Wildman–Crippen MR) is 67.9 cm³/mol. The van der Waals surface area contributed by atoms with Gasteiger partial charge in [0.2, 0.25) is 0 Å². The Labute approximate surface area is 110 Å². The molecule has 3 nitrogen and oxygen atoms in total. The summed E-state index contributed by atoms with van der Waals surface area (Å²) in [7, 11) is 0. The van der Waals surface area contributed by atoms with E-state index in [-0.39, 0.29) is 5.22 Å². The maximum absolute atomic E-state index is 10.2. The Kier molecular flexibility index (Phi) is 3.02. The van der Waals surface area contributed by atoms with Crippen LogP contribution in [0.4, 0.5) is 0 Å². The van der Waals surface area contributed by atoms with Crippen molar-refractivity contribution >= 4 is 11.6 Å². The Bertz CT molecular complexity index is 545. The standard InChI is InChI=1S/C14H13ClO3/c15-13-7-6-12(18-13)14(16)9-2-1-3-11(8-9)17-10-4-5-10/h1-3,6-8,10,14,16H,4-5H2. The van der Waals surface area contributed by atoms with Crippen molar-refractivity contribution in [1.29, 1.82) is 0 Å². The smallest absolute Gasteiger partial charge is 0.193 e. The lowest BCUT2D eigenvalue weighted by Gasteiger charge is -2.10. The third-order valence-electron chi connectivity index (χ3n) is 2.86. The molecule has 1 unspecified atom stereocenters. The summed E-state index contributed by atoms with van der Waals surface area (Å²) in [6.07, 6.45) is 1.75. The van der Waals surface area contributed by atoms with Crippen LogP contribution < -0.4 is 4.74 Å². The van der Waals surface area contributed by atoms with E-state index in [1.807, 2.05) is 24.3 Å². The molecule has 18 heavy (non-hydrogen) atoms. The lowest BCUT2D eigenvalue weighted by molar-refractivity contribution is 0.189. The molecule has 0 bridgehead atoms. The van der Waals surface area contributed by atoms with E-state index in [4.69, 9.17) is 20.8 Å². The van der Waals surface area contributed by atoms with Crippen LogP contribution in [0, 0.1) is 0 Å². The fourth-order valence-corrected chi connectivity index (χ4v) is 1.93. The quantitative estimate of drug-likeness (QED) is 0.918. The van der Waals surface area contributed by atoms with E-state index in [1.165, 1.54) is 0 Å². The highest BCUT2D eigenvalue weighted by atomic mass is 35.5. The lowest BCUT2D eigenvalue weighted by atomic mass is 10.1. The highest BCUT2D eigenvalue weighted by Gasteiger charge is 2.24. The van der Waals surface area contributed by atoms with Crippen LogP contribution >= 0.6 is 11.6 Å². The number of hydrogen-bond acceptors (Lipinski definition) is 3. The van der Waals surface area contributed by atoms with Gasteiger partial charge in [0.15, 0.2) is 5.22 Å². The van der Waals surface area contributed by atoms with E-state index in [1.54, 1.807) is 12.1 Å². The summed E-state index contributed by atoms with van der Waals surface area (Å²) >= 11 is 5.70. The van der Waals surface area contributed by atoms with Crippen molar-refractivity contribution in [2.75, 3.05) is 0 Å². The normalized spacial score (nSPS) is 16.6. The SMILES string of the molecule is OC(c1cccc(OC2CC2)c1)c1ccc(Cl)o1. The lowest BCUT2D eigenvalue weighted by Crippen LogP contribution is -2.00. The van der Waals surface area contributed by atoms with Gasteiger partial charge in [0.05, 0.1) is 6.10 Å². The van der Waals surface area contributed by atoms with Crippen molar-refractivity contribution < 1.29 is 14.3 Å². The molecule has 1 N–H and O–H groups in total. The summed E-state index contributed by atoms with van der Waals surface area (Å²) in [6.45, 7) is 0. The van der Waals surface area contributed by atoms with Gasteiger partial charge >= 0.3 is 0 Å². The number of aliphatic hydroxyl groups excluding tert-OH is 1. The van der Waals surface area contributed by atoms with Crippen molar-refractivity contribution in [3.63, 3.8) is 0 Å². The van der Waals surface area contributed by atoms with Crippen LogP contribution in [0.5, 0.6) is 5.75 Å². The molecule has 1 atom stereocenters. The van der Waals surface area contributed by atoms with Crippen molar-refractivity contribution in [3.8, 4) is 5.75 Å². The number of benzene rings is 1. The van der Waals surface area contributed by atoms with Crippen molar-refractivity contribution in [2.24, 2.45) is 0 Å². The zero-order chi connectivity index (χ0) is 12.5. The first kappa shape index (κ1) is 11.6. The third kappa shape index (κ3) is 2.52. The minimum absolute atomic E-state index is 0.273. The zero-order valence-corrected chi connectivity index (χ0v) is 10.4. The molecule has 0 amide bonds. The third-order valence-corrected chi connectivity index (χ3v) is 3.07. The Morgan fingerprint density at radius 1 is 1.28 bits per heavy atom. The van der Waals surface area contributed by atoms with E-state index in [0.717, 1.165) is 24.2 Å². The van der Waals surface area contributed by atoms with Crippen molar-refractivity contribution in [3.05, 3.63) is 52.9 Å². The Morgan fingerprint density at radius 3 is 2.78 bits per heavy atom. The predicted octanol–water partition coefficient (Wildman–Crippen LogP) is 3.56. The van der Waals surface area contributed by atoms with Gasteiger partial charge in [0, 0.05) is 0 Å². The second-order valence-electron chi connectivity index (χ2n) is 4.43. The maximum Gasteiger partial charge on any atom is 0.193 e. The monoisotopic (exact) mass is 264 g/mol. The number of aliphatic hydroxyl groups is 1. The minimum atomic E-state index is -0.819. The molecule has 0 saturated heterocycles. The van der Waals surface area contributed by atoms with Crippen LogP contribution in [-0.4, -0.2) is 11.2 Å². The second kappa shape index (κ2) is 4.67. The first-order valence-corrected chi connectivity index (χ1v) is 6.30. The van der Waals surface area contributed by atoms with E-state index >= 15 is 0 Å². The van der Waals surface area contributed by atoms with Crippen molar-refractivity contribution in [2.45, 2.75) is 25.0 Å². The Hall–Kier alpha value is -1.45. The van der Waals surface area contributed by atoms with Crippen LogP contribution in [0.2, 0.25) is 5.22 Å². The molecule has 94 valence electrons. The molecular formula is C14H13ClO3. The molecular weight excluding hydrogens is 252 g/mol. The van der Waals surface area contributed by atoms with Gasteiger partial charge in [-0.3, -0.25) is 0 Å². The average molecular weight is 265 g/mol. The zero-order valence-electron chi connectivity index (χ0n) is 9.67. The molecule has 1 heterocycles. The number of hydrogen-bond donors (Lipinski definition) is 1. The molecule has 4 heteroatoms. The van der Waals surface area contributed by atoms with E-state index in [2.05, 4.69) is 0 Å². The van der Waals surface area contributed by atoms with Crippen LogP contribution in [0.3, 0.4) is 0 Å². The summed E-state index contributed by atoms with van der Waals surface area (Å²) in [5.74, 6) is 1.22. The van der Waals surface area contributed by atoms with Crippen LogP contribution in [-0.2, 0) is 0 Å². The summed E-state index contributed by atoms with van der Waals surface area (Å²) in [4.78, 5) is 0. The number of rotatable bonds is 4. The fraction of sp³-hybridized carbons (Fsp3) is 0.286. The van der Waals surface area contributed by atoms with Gasteiger partial charge in [-0.1, -0.05) is 12.1 Å². The molecule has 0 radical (unpaired) electrons. The Balaban J connectivity index is 1.81.